The maximum absolute atomic E-state index is 11.6. The summed E-state index contributed by atoms with van der Waals surface area (Å²) < 4.78 is 9.89. The van der Waals surface area contributed by atoms with E-state index in [1.54, 1.807) is 13.0 Å². The van der Waals surface area contributed by atoms with Crippen molar-refractivity contribution in [3.05, 3.63) is 23.8 Å². The van der Waals surface area contributed by atoms with Gasteiger partial charge in [-0.25, -0.2) is 4.79 Å². The number of ether oxygens (including phenoxy) is 2. The van der Waals surface area contributed by atoms with Crippen molar-refractivity contribution in [1.82, 2.24) is 0 Å². The lowest BCUT2D eigenvalue weighted by molar-refractivity contribution is -0.148. The van der Waals surface area contributed by atoms with Crippen LogP contribution in [0.25, 0.3) is 0 Å². The molecule has 2 aliphatic rings. The molecule has 2 rings (SSSR count). The molecule has 0 amide bonds. The normalized spacial score (nSPS) is 27.6. The Hall–Kier alpha value is -1.58. The Bertz CT molecular complexity index is 381. The predicted octanol–water partition coefficient (Wildman–Crippen LogP) is 1.62. The minimum atomic E-state index is -0.260. The van der Waals surface area contributed by atoms with Gasteiger partial charge in [0.1, 0.15) is 6.61 Å². The Morgan fingerprint density at radius 3 is 3.06 bits per heavy atom. The third-order valence-corrected chi connectivity index (χ3v) is 3.10. The number of carbonyl (C=O) groups is 2. The number of allylic oxidation sites excluding steroid dienone is 2. The molecule has 0 aromatic rings. The molecule has 0 unspecified atom stereocenters. The zero-order valence-corrected chi connectivity index (χ0v) is 9.85. The van der Waals surface area contributed by atoms with E-state index in [1.807, 2.05) is 12.2 Å². The lowest BCUT2D eigenvalue weighted by Gasteiger charge is -2.23. The average molecular weight is 236 g/mol. The van der Waals surface area contributed by atoms with E-state index in [0.29, 0.717) is 31.6 Å². The third kappa shape index (κ3) is 2.57. The molecule has 92 valence electrons. The molecule has 0 N–H and O–H groups in total. The van der Waals surface area contributed by atoms with E-state index in [9.17, 15) is 9.59 Å². The van der Waals surface area contributed by atoms with Crippen molar-refractivity contribution in [3.63, 3.8) is 0 Å². The van der Waals surface area contributed by atoms with Gasteiger partial charge in [0.05, 0.1) is 12.5 Å². The number of esters is 2. The van der Waals surface area contributed by atoms with Gasteiger partial charge in [-0.05, 0) is 25.8 Å². The summed E-state index contributed by atoms with van der Waals surface area (Å²) in [5.41, 5.74) is 0.676. The quantitative estimate of drug-likeness (QED) is 0.552. The fraction of sp³-hybridized carbons (Fsp3) is 0.538. The van der Waals surface area contributed by atoms with E-state index in [2.05, 4.69) is 0 Å². The Kier molecular flexibility index (Phi) is 3.61. The third-order valence-electron chi connectivity index (χ3n) is 3.10. The van der Waals surface area contributed by atoms with Gasteiger partial charge >= 0.3 is 11.9 Å². The van der Waals surface area contributed by atoms with Crippen molar-refractivity contribution >= 4 is 11.9 Å². The summed E-state index contributed by atoms with van der Waals surface area (Å²) in [5.74, 6) is -0.578. The smallest absolute Gasteiger partial charge is 0.334 e. The molecule has 0 fully saturated rings. The highest BCUT2D eigenvalue weighted by Crippen LogP contribution is 2.31. The average Bonchev–Trinajstić information content (AvgIpc) is 2.76. The molecule has 17 heavy (non-hydrogen) atoms. The molecule has 4 heteroatoms. The topological polar surface area (TPSA) is 52.6 Å². The minimum absolute atomic E-state index is 0.00634. The monoisotopic (exact) mass is 236 g/mol. The van der Waals surface area contributed by atoms with Crippen molar-refractivity contribution in [2.45, 2.75) is 19.8 Å². The van der Waals surface area contributed by atoms with Crippen LogP contribution in [0.3, 0.4) is 0 Å². The van der Waals surface area contributed by atoms with E-state index >= 15 is 0 Å². The number of hydrogen-bond donors (Lipinski definition) is 0. The molecule has 0 aromatic heterocycles. The molecule has 2 atom stereocenters. The summed E-state index contributed by atoms with van der Waals surface area (Å²) in [6.45, 7) is 2.54. The standard InChI is InChI=1S/C13H16O4/c1-2-16-12(14)10-5-3-4-9(8-10)11-6-7-17-13(11)15/h3-4,6,9-10H,2,5,7-8H2,1H3/t9-,10+/m0/s1. The highest BCUT2D eigenvalue weighted by Gasteiger charge is 2.31. The van der Waals surface area contributed by atoms with Gasteiger partial charge in [0.25, 0.3) is 0 Å². The van der Waals surface area contributed by atoms with Crippen molar-refractivity contribution in [2.75, 3.05) is 13.2 Å². The molecule has 0 bridgehead atoms. The summed E-state index contributed by atoms with van der Waals surface area (Å²) in [7, 11) is 0. The van der Waals surface area contributed by atoms with E-state index in [4.69, 9.17) is 9.47 Å². The first kappa shape index (κ1) is 11.9. The van der Waals surface area contributed by atoms with Crippen LogP contribution in [0.1, 0.15) is 19.8 Å². The van der Waals surface area contributed by atoms with Gasteiger partial charge < -0.3 is 9.47 Å². The lowest BCUT2D eigenvalue weighted by atomic mass is 9.82. The van der Waals surface area contributed by atoms with Crippen LogP contribution in [-0.2, 0) is 19.1 Å². The van der Waals surface area contributed by atoms with Gasteiger partial charge in [0.15, 0.2) is 0 Å². The van der Waals surface area contributed by atoms with Crippen LogP contribution in [0.4, 0.5) is 0 Å². The van der Waals surface area contributed by atoms with E-state index < -0.39 is 0 Å². The maximum atomic E-state index is 11.6. The Balaban J connectivity index is 2.02. The Morgan fingerprint density at radius 1 is 1.59 bits per heavy atom. The number of carbonyl (C=O) groups excluding carboxylic acids is 2. The summed E-state index contributed by atoms with van der Waals surface area (Å²) >= 11 is 0. The summed E-state index contributed by atoms with van der Waals surface area (Å²) in [6.07, 6.45) is 7.05. The van der Waals surface area contributed by atoms with Crippen LogP contribution in [-0.4, -0.2) is 25.2 Å². The first-order chi connectivity index (χ1) is 8.22. The van der Waals surface area contributed by atoms with Crippen LogP contribution in [0.5, 0.6) is 0 Å². The van der Waals surface area contributed by atoms with Gasteiger partial charge in [-0.3, -0.25) is 4.79 Å². The highest BCUT2D eigenvalue weighted by molar-refractivity contribution is 5.91. The zero-order chi connectivity index (χ0) is 12.3. The maximum Gasteiger partial charge on any atom is 0.334 e. The first-order valence-electron chi connectivity index (χ1n) is 5.92. The second-order valence-electron chi connectivity index (χ2n) is 4.21. The molecule has 0 saturated carbocycles. The molecular formula is C13H16O4. The van der Waals surface area contributed by atoms with E-state index in [1.165, 1.54) is 0 Å². The predicted molar refractivity (Wildman–Crippen MR) is 61.0 cm³/mol. The minimum Gasteiger partial charge on any atom is -0.466 e. The van der Waals surface area contributed by atoms with Crippen LogP contribution in [0.15, 0.2) is 23.8 Å². The van der Waals surface area contributed by atoms with Gasteiger partial charge in [-0.2, -0.15) is 0 Å². The van der Waals surface area contributed by atoms with Crippen LogP contribution in [0.2, 0.25) is 0 Å². The molecule has 1 aliphatic heterocycles. The Labute approximate surface area is 100 Å². The second kappa shape index (κ2) is 5.17. The number of cyclic esters (lactones) is 1. The molecule has 4 nitrogen and oxygen atoms in total. The summed E-state index contributed by atoms with van der Waals surface area (Å²) in [6, 6.07) is 0. The molecule has 0 saturated heterocycles. The lowest BCUT2D eigenvalue weighted by Crippen LogP contribution is -2.24. The molecule has 0 radical (unpaired) electrons. The van der Waals surface area contributed by atoms with Gasteiger partial charge in [0, 0.05) is 11.5 Å². The molecule has 1 aliphatic carbocycles. The summed E-state index contributed by atoms with van der Waals surface area (Å²) in [5, 5.41) is 0. The fourth-order valence-electron chi connectivity index (χ4n) is 2.25. The molecule has 0 aromatic carbocycles. The molecule has 1 heterocycles. The Morgan fingerprint density at radius 2 is 2.41 bits per heavy atom. The second-order valence-corrected chi connectivity index (χ2v) is 4.21. The number of rotatable bonds is 3. The highest BCUT2D eigenvalue weighted by atomic mass is 16.5. The van der Waals surface area contributed by atoms with Gasteiger partial charge in [-0.1, -0.05) is 12.2 Å². The van der Waals surface area contributed by atoms with Crippen LogP contribution >= 0.6 is 0 Å². The van der Waals surface area contributed by atoms with Crippen LogP contribution in [0, 0.1) is 11.8 Å². The first-order valence-corrected chi connectivity index (χ1v) is 5.92. The molecule has 0 spiro atoms. The fourth-order valence-corrected chi connectivity index (χ4v) is 2.25. The molecular weight excluding hydrogens is 220 g/mol. The largest absolute Gasteiger partial charge is 0.466 e. The van der Waals surface area contributed by atoms with Crippen molar-refractivity contribution in [1.29, 1.82) is 0 Å². The van der Waals surface area contributed by atoms with E-state index in [-0.39, 0.29) is 23.8 Å². The van der Waals surface area contributed by atoms with E-state index in [0.717, 1.165) is 0 Å². The zero-order valence-electron chi connectivity index (χ0n) is 9.85. The van der Waals surface area contributed by atoms with Crippen molar-refractivity contribution < 1.29 is 19.1 Å². The SMILES string of the molecule is CCOC(=O)[C@@H]1CC=C[C@H](C2=CCOC2=O)C1. The van der Waals surface area contributed by atoms with Crippen molar-refractivity contribution in [2.24, 2.45) is 11.8 Å². The van der Waals surface area contributed by atoms with Crippen molar-refractivity contribution in [3.8, 4) is 0 Å². The number of hydrogen-bond acceptors (Lipinski definition) is 4. The summed E-state index contributed by atoms with van der Waals surface area (Å²) in [4.78, 5) is 23.1. The van der Waals surface area contributed by atoms with Gasteiger partial charge in [0.2, 0.25) is 0 Å². The van der Waals surface area contributed by atoms with Gasteiger partial charge in [-0.15, -0.1) is 0 Å². The van der Waals surface area contributed by atoms with Crippen LogP contribution < -0.4 is 0 Å².